The zero-order valence-electron chi connectivity index (χ0n) is 15.6. The number of carbonyl (C=O) groups excluding carboxylic acids is 3. The Morgan fingerprint density at radius 2 is 1.79 bits per heavy atom. The van der Waals surface area contributed by atoms with Crippen LogP contribution in [0.25, 0.3) is 0 Å². The van der Waals surface area contributed by atoms with E-state index >= 15 is 0 Å². The zero-order valence-corrected chi connectivity index (χ0v) is 15.6. The fraction of sp³-hybridized carbons (Fsp3) is 0.211. The summed E-state index contributed by atoms with van der Waals surface area (Å²) in [4.78, 5) is 45.7. The summed E-state index contributed by atoms with van der Waals surface area (Å²) < 4.78 is 4.74. The third kappa shape index (κ3) is 7.03. The third-order valence-electron chi connectivity index (χ3n) is 3.70. The third-order valence-corrected chi connectivity index (χ3v) is 3.70. The molecule has 0 saturated carbocycles. The number of hydrogen-bond donors (Lipinski definition) is 3. The van der Waals surface area contributed by atoms with Crippen molar-refractivity contribution in [2.75, 3.05) is 25.6 Å². The number of anilines is 1. The number of methoxy groups -OCH3 is 1. The number of nitrogens with zero attached hydrogens (tertiary/aromatic N) is 1. The molecule has 3 amide bonds. The van der Waals surface area contributed by atoms with Gasteiger partial charge in [-0.3, -0.25) is 24.5 Å². The van der Waals surface area contributed by atoms with Crippen molar-refractivity contribution in [2.24, 2.45) is 0 Å². The van der Waals surface area contributed by atoms with Crippen molar-refractivity contribution in [1.29, 1.82) is 0 Å². The number of benzene rings is 2. The summed E-state index contributed by atoms with van der Waals surface area (Å²) in [6.07, 6.45) is 0. The van der Waals surface area contributed by atoms with Gasteiger partial charge in [-0.1, -0.05) is 18.2 Å². The van der Waals surface area contributed by atoms with Gasteiger partial charge in [-0.25, -0.2) is 0 Å². The summed E-state index contributed by atoms with van der Waals surface area (Å²) in [6.45, 7) is -0.156. The quantitative estimate of drug-likeness (QED) is 0.427. The minimum Gasteiger partial charge on any atom is -0.375 e. The van der Waals surface area contributed by atoms with Crippen molar-refractivity contribution in [3.8, 4) is 0 Å². The molecule has 10 heteroatoms. The Hall–Kier alpha value is -3.79. The first-order chi connectivity index (χ1) is 13.9. The number of carbonyl (C=O) groups is 3. The van der Waals surface area contributed by atoms with Gasteiger partial charge < -0.3 is 20.7 Å². The molecule has 0 atom stereocenters. The van der Waals surface area contributed by atoms with Gasteiger partial charge in [-0.05, 0) is 23.8 Å². The lowest BCUT2D eigenvalue weighted by Gasteiger charge is -2.09. The van der Waals surface area contributed by atoms with Crippen LogP contribution in [0.1, 0.15) is 15.9 Å². The summed E-state index contributed by atoms with van der Waals surface area (Å²) in [5.74, 6) is -1.32. The van der Waals surface area contributed by atoms with Crippen molar-refractivity contribution in [2.45, 2.75) is 6.54 Å². The van der Waals surface area contributed by atoms with E-state index in [0.29, 0.717) is 5.69 Å². The molecule has 0 unspecified atom stereocenters. The van der Waals surface area contributed by atoms with Gasteiger partial charge in [0.1, 0.15) is 6.61 Å². The molecule has 0 aliphatic heterocycles. The molecule has 0 spiro atoms. The predicted octanol–water partition coefficient (Wildman–Crippen LogP) is 1.23. The second kappa shape index (κ2) is 10.5. The lowest BCUT2D eigenvalue weighted by molar-refractivity contribution is -0.384. The van der Waals surface area contributed by atoms with E-state index < -0.39 is 16.7 Å². The van der Waals surface area contributed by atoms with Crippen LogP contribution in [0.15, 0.2) is 48.5 Å². The largest absolute Gasteiger partial charge is 0.375 e. The molecule has 2 rings (SSSR count). The first kappa shape index (κ1) is 21.5. The lowest BCUT2D eigenvalue weighted by atomic mass is 10.2. The van der Waals surface area contributed by atoms with Gasteiger partial charge in [-0.2, -0.15) is 0 Å². The van der Waals surface area contributed by atoms with Crippen LogP contribution in [0, 0.1) is 10.1 Å². The highest BCUT2D eigenvalue weighted by atomic mass is 16.6. The summed E-state index contributed by atoms with van der Waals surface area (Å²) in [5, 5.41) is 18.5. The molecule has 2 aromatic carbocycles. The van der Waals surface area contributed by atoms with Crippen LogP contribution in [0.4, 0.5) is 11.4 Å². The average Bonchev–Trinajstić information content (AvgIpc) is 2.71. The molecular weight excluding hydrogens is 380 g/mol. The van der Waals surface area contributed by atoms with Gasteiger partial charge in [0, 0.05) is 37.0 Å². The van der Waals surface area contributed by atoms with E-state index in [4.69, 9.17) is 4.74 Å². The van der Waals surface area contributed by atoms with E-state index in [1.54, 1.807) is 24.3 Å². The van der Waals surface area contributed by atoms with E-state index in [0.717, 1.165) is 11.6 Å². The topological polar surface area (TPSA) is 140 Å². The van der Waals surface area contributed by atoms with Gasteiger partial charge in [0.15, 0.2) is 0 Å². The molecule has 0 saturated heterocycles. The van der Waals surface area contributed by atoms with Gasteiger partial charge in [0.25, 0.3) is 11.6 Å². The second-order valence-electron chi connectivity index (χ2n) is 5.95. The number of rotatable bonds is 9. The Balaban J connectivity index is 1.82. The predicted molar refractivity (Wildman–Crippen MR) is 104 cm³/mol. The number of nitro benzene ring substituents is 1. The molecule has 152 valence electrons. The van der Waals surface area contributed by atoms with Crippen LogP contribution >= 0.6 is 0 Å². The molecule has 2 aromatic rings. The van der Waals surface area contributed by atoms with E-state index in [-0.39, 0.29) is 36.9 Å². The van der Waals surface area contributed by atoms with Gasteiger partial charge >= 0.3 is 0 Å². The first-order valence-electron chi connectivity index (χ1n) is 8.56. The molecule has 29 heavy (non-hydrogen) atoms. The summed E-state index contributed by atoms with van der Waals surface area (Å²) in [5.41, 5.74) is 1.20. The van der Waals surface area contributed by atoms with Gasteiger partial charge in [0.05, 0.1) is 11.5 Å². The first-order valence-corrected chi connectivity index (χ1v) is 8.56. The molecule has 0 bridgehead atoms. The highest BCUT2D eigenvalue weighted by molar-refractivity contribution is 5.97. The number of nitrogens with one attached hydrogen (secondary N) is 3. The molecule has 0 fully saturated rings. The van der Waals surface area contributed by atoms with Crippen LogP contribution in [0.2, 0.25) is 0 Å². The standard InChI is InChI=1S/C19H20N4O6/c1-29-12-18(25)22-15-6-2-4-13(8-15)10-20-17(24)11-21-19(26)14-5-3-7-16(9-14)23(27)28/h2-9H,10-12H2,1H3,(H,20,24)(H,21,26)(H,22,25). The highest BCUT2D eigenvalue weighted by Gasteiger charge is 2.12. The van der Waals surface area contributed by atoms with Crippen molar-refractivity contribution in [3.05, 3.63) is 69.8 Å². The maximum absolute atomic E-state index is 12.0. The van der Waals surface area contributed by atoms with E-state index in [1.807, 2.05) is 0 Å². The monoisotopic (exact) mass is 400 g/mol. The maximum atomic E-state index is 12.0. The Morgan fingerprint density at radius 3 is 2.52 bits per heavy atom. The Labute approximate surface area is 166 Å². The second-order valence-corrected chi connectivity index (χ2v) is 5.95. The van der Waals surface area contributed by atoms with Crippen LogP contribution in [0.5, 0.6) is 0 Å². The SMILES string of the molecule is COCC(=O)Nc1cccc(CNC(=O)CNC(=O)c2cccc([N+](=O)[O-])c2)c1. The Morgan fingerprint density at radius 1 is 1.03 bits per heavy atom. The smallest absolute Gasteiger partial charge is 0.270 e. The number of ether oxygens (including phenoxy) is 1. The van der Waals surface area contributed by atoms with Crippen molar-refractivity contribution < 1.29 is 24.0 Å². The number of amides is 3. The van der Waals surface area contributed by atoms with Gasteiger partial charge in [0.2, 0.25) is 11.8 Å². The van der Waals surface area contributed by atoms with E-state index in [2.05, 4.69) is 16.0 Å². The van der Waals surface area contributed by atoms with Crippen LogP contribution in [-0.4, -0.2) is 42.9 Å². The number of non-ortho nitro benzene ring substituents is 1. The van der Waals surface area contributed by atoms with Crippen LogP contribution in [0.3, 0.4) is 0 Å². The van der Waals surface area contributed by atoms with Crippen molar-refractivity contribution in [3.63, 3.8) is 0 Å². The summed E-state index contributed by atoms with van der Waals surface area (Å²) in [6, 6.07) is 12.1. The fourth-order valence-electron chi connectivity index (χ4n) is 2.37. The molecule has 0 aromatic heterocycles. The molecule has 0 aliphatic carbocycles. The van der Waals surface area contributed by atoms with Crippen molar-refractivity contribution in [1.82, 2.24) is 10.6 Å². The normalized spacial score (nSPS) is 10.1. The van der Waals surface area contributed by atoms with E-state index in [1.165, 1.54) is 25.3 Å². The molecule has 0 heterocycles. The summed E-state index contributed by atoms with van der Waals surface area (Å²) in [7, 11) is 1.42. The Bertz CT molecular complexity index is 915. The van der Waals surface area contributed by atoms with Crippen LogP contribution < -0.4 is 16.0 Å². The fourth-order valence-corrected chi connectivity index (χ4v) is 2.37. The zero-order chi connectivity index (χ0) is 21.2. The average molecular weight is 400 g/mol. The minimum absolute atomic E-state index is 0.0643. The lowest BCUT2D eigenvalue weighted by Crippen LogP contribution is -2.36. The van der Waals surface area contributed by atoms with Gasteiger partial charge in [-0.15, -0.1) is 0 Å². The summed E-state index contributed by atoms with van der Waals surface area (Å²) >= 11 is 0. The molecular formula is C19H20N4O6. The number of hydrogen-bond acceptors (Lipinski definition) is 6. The highest BCUT2D eigenvalue weighted by Crippen LogP contribution is 2.13. The van der Waals surface area contributed by atoms with Crippen LogP contribution in [-0.2, 0) is 20.9 Å². The minimum atomic E-state index is -0.602. The van der Waals surface area contributed by atoms with Crippen molar-refractivity contribution >= 4 is 29.1 Å². The number of nitro groups is 1. The molecule has 3 N–H and O–H groups in total. The molecule has 0 radical (unpaired) electrons. The Kier molecular flexibility index (Phi) is 7.80. The maximum Gasteiger partial charge on any atom is 0.270 e. The molecule has 0 aliphatic rings. The van der Waals surface area contributed by atoms with E-state index in [9.17, 15) is 24.5 Å². The molecule has 10 nitrogen and oxygen atoms in total.